The van der Waals surface area contributed by atoms with Gasteiger partial charge in [0.15, 0.2) is 0 Å². The van der Waals surface area contributed by atoms with Crippen LogP contribution in [-0.2, 0) is 16.1 Å². The number of nitrogens with one attached hydrogen (secondary N) is 2. The first-order valence-corrected chi connectivity index (χ1v) is 7.56. The molecule has 3 rings (SSSR count). The van der Waals surface area contributed by atoms with Crippen molar-refractivity contribution in [2.45, 2.75) is 19.4 Å². The molecule has 1 saturated heterocycles. The standard InChI is InChI=1S/C16H21N3O3/c1-21-15-6-11(4-5-18-15)9-22-16(20)12-2-3-14-13(7-12)8-17-10-19-14/h3-6,12-13,17,19H,2,7-10H2,1H3. The maximum absolute atomic E-state index is 12.3. The van der Waals surface area contributed by atoms with Crippen molar-refractivity contribution in [3.05, 3.63) is 35.7 Å². The van der Waals surface area contributed by atoms with Crippen molar-refractivity contribution < 1.29 is 14.3 Å². The van der Waals surface area contributed by atoms with Crippen molar-refractivity contribution in [2.75, 3.05) is 20.3 Å². The summed E-state index contributed by atoms with van der Waals surface area (Å²) in [7, 11) is 1.57. The van der Waals surface area contributed by atoms with Crippen molar-refractivity contribution >= 4 is 5.97 Å². The molecule has 1 aliphatic carbocycles. The minimum absolute atomic E-state index is 0.0563. The monoisotopic (exact) mass is 303 g/mol. The van der Waals surface area contributed by atoms with Crippen molar-refractivity contribution in [2.24, 2.45) is 11.8 Å². The van der Waals surface area contributed by atoms with Gasteiger partial charge in [0.2, 0.25) is 5.88 Å². The van der Waals surface area contributed by atoms with E-state index in [9.17, 15) is 4.79 Å². The molecule has 2 N–H and O–H groups in total. The number of fused-ring (bicyclic) bond motifs is 1. The maximum atomic E-state index is 12.3. The van der Waals surface area contributed by atoms with Gasteiger partial charge in [0.05, 0.1) is 19.7 Å². The van der Waals surface area contributed by atoms with Gasteiger partial charge in [-0.05, 0) is 24.5 Å². The molecule has 1 aromatic heterocycles. The van der Waals surface area contributed by atoms with Gasteiger partial charge in [0.25, 0.3) is 0 Å². The summed E-state index contributed by atoms with van der Waals surface area (Å²) >= 11 is 0. The van der Waals surface area contributed by atoms with Crippen LogP contribution in [0.25, 0.3) is 0 Å². The molecule has 1 fully saturated rings. The lowest BCUT2D eigenvalue weighted by Gasteiger charge is -2.33. The molecule has 2 atom stereocenters. The molecule has 118 valence electrons. The summed E-state index contributed by atoms with van der Waals surface area (Å²) in [6.45, 7) is 1.98. The van der Waals surface area contributed by atoms with Crippen LogP contribution in [-0.4, -0.2) is 31.3 Å². The summed E-state index contributed by atoms with van der Waals surface area (Å²) in [5.41, 5.74) is 2.15. The Bertz CT molecular complexity index is 574. The Morgan fingerprint density at radius 1 is 1.50 bits per heavy atom. The van der Waals surface area contributed by atoms with Gasteiger partial charge in [-0.3, -0.25) is 10.1 Å². The molecular weight excluding hydrogens is 282 g/mol. The van der Waals surface area contributed by atoms with Crippen molar-refractivity contribution in [1.82, 2.24) is 15.6 Å². The highest BCUT2D eigenvalue weighted by molar-refractivity contribution is 5.73. The number of hydrogen-bond acceptors (Lipinski definition) is 6. The first-order valence-electron chi connectivity index (χ1n) is 7.56. The summed E-state index contributed by atoms with van der Waals surface area (Å²) in [6.07, 6.45) is 5.37. The predicted octanol–water partition coefficient (Wildman–Crippen LogP) is 1.19. The average Bonchev–Trinajstić information content (AvgIpc) is 2.59. The summed E-state index contributed by atoms with van der Waals surface area (Å²) in [5.74, 6) is 0.732. The number of ether oxygens (including phenoxy) is 2. The van der Waals surface area contributed by atoms with E-state index in [1.165, 1.54) is 5.70 Å². The van der Waals surface area contributed by atoms with Gasteiger partial charge in [-0.1, -0.05) is 6.08 Å². The van der Waals surface area contributed by atoms with Gasteiger partial charge in [-0.2, -0.15) is 0 Å². The zero-order valence-corrected chi connectivity index (χ0v) is 12.7. The Morgan fingerprint density at radius 2 is 2.41 bits per heavy atom. The first kappa shape index (κ1) is 14.8. The number of pyridine rings is 1. The molecule has 22 heavy (non-hydrogen) atoms. The average molecular weight is 303 g/mol. The third-order valence-corrected chi connectivity index (χ3v) is 4.16. The third kappa shape index (κ3) is 3.39. The minimum atomic E-state index is -0.128. The molecule has 0 aromatic carbocycles. The van der Waals surface area contributed by atoms with Gasteiger partial charge in [0, 0.05) is 30.4 Å². The number of esters is 1. The molecule has 0 bridgehead atoms. The fourth-order valence-electron chi connectivity index (χ4n) is 2.94. The summed E-state index contributed by atoms with van der Waals surface area (Å²) in [6, 6.07) is 3.60. The second-order valence-corrected chi connectivity index (χ2v) is 5.65. The summed E-state index contributed by atoms with van der Waals surface area (Å²) < 4.78 is 10.5. The second-order valence-electron chi connectivity index (χ2n) is 5.65. The number of hydrogen-bond donors (Lipinski definition) is 2. The van der Waals surface area contributed by atoms with Crippen LogP contribution in [0.5, 0.6) is 5.88 Å². The van der Waals surface area contributed by atoms with Crippen molar-refractivity contribution in [3.63, 3.8) is 0 Å². The number of carbonyl (C=O) groups excluding carboxylic acids is 1. The van der Waals surface area contributed by atoms with Crippen LogP contribution in [0.1, 0.15) is 18.4 Å². The van der Waals surface area contributed by atoms with Crippen LogP contribution in [0.4, 0.5) is 0 Å². The fraction of sp³-hybridized carbons (Fsp3) is 0.500. The summed E-state index contributed by atoms with van der Waals surface area (Å²) in [5, 5.41) is 6.62. The smallest absolute Gasteiger partial charge is 0.309 e. The molecule has 1 aliphatic heterocycles. The van der Waals surface area contributed by atoms with Gasteiger partial charge in [-0.15, -0.1) is 0 Å². The number of methoxy groups -OCH3 is 1. The normalized spacial score (nSPS) is 23.8. The van der Waals surface area contributed by atoms with Crippen LogP contribution in [0, 0.1) is 11.8 Å². The number of allylic oxidation sites excluding steroid dienone is 1. The molecule has 0 amide bonds. The quantitative estimate of drug-likeness (QED) is 0.814. The Morgan fingerprint density at radius 3 is 3.27 bits per heavy atom. The molecule has 2 unspecified atom stereocenters. The molecule has 2 aliphatic rings. The highest BCUT2D eigenvalue weighted by atomic mass is 16.5. The number of nitrogens with zero attached hydrogens (tertiary/aromatic N) is 1. The lowest BCUT2D eigenvalue weighted by Crippen LogP contribution is -2.44. The predicted molar refractivity (Wildman–Crippen MR) is 80.9 cm³/mol. The van der Waals surface area contributed by atoms with Crippen molar-refractivity contribution in [3.8, 4) is 5.88 Å². The van der Waals surface area contributed by atoms with Gasteiger partial charge in [0.1, 0.15) is 6.61 Å². The van der Waals surface area contributed by atoms with E-state index in [4.69, 9.17) is 9.47 Å². The molecule has 6 nitrogen and oxygen atoms in total. The lowest BCUT2D eigenvalue weighted by molar-refractivity contribution is -0.150. The molecule has 0 spiro atoms. The van der Waals surface area contributed by atoms with Crippen LogP contribution >= 0.6 is 0 Å². The number of carbonyl (C=O) groups is 1. The Kier molecular flexibility index (Phi) is 4.58. The zero-order chi connectivity index (χ0) is 15.4. The molecule has 1 aromatic rings. The largest absolute Gasteiger partial charge is 0.481 e. The number of rotatable bonds is 4. The van der Waals surface area contributed by atoms with Crippen LogP contribution < -0.4 is 15.4 Å². The van der Waals surface area contributed by atoms with E-state index in [0.29, 0.717) is 11.8 Å². The van der Waals surface area contributed by atoms with E-state index in [-0.39, 0.29) is 18.5 Å². The summed E-state index contributed by atoms with van der Waals surface area (Å²) in [4.78, 5) is 16.3. The highest BCUT2D eigenvalue weighted by Crippen LogP contribution is 2.29. The minimum Gasteiger partial charge on any atom is -0.481 e. The van der Waals surface area contributed by atoms with E-state index in [1.807, 2.05) is 6.07 Å². The van der Waals surface area contributed by atoms with Gasteiger partial charge < -0.3 is 14.8 Å². The van der Waals surface area contributed by atoms with E-state index in [0.717, 1.165) is 31.6 Å². The van der Waals surface area contributed by atoms with Crippen molar-refractivity contribution in [1.29, 1.82) is 0 Å². The van der Waals surface area contributed by atoms with E-state index >= 15 is 0 Å². The number of aromatic nitrogens is 1. The molecule has 2 heterocycles. The SMILES string of the molecule is COc1cc(COC(=O)C2CC=C3NCNCC3C2)ccn1. The maximum Gasteiger partial charge on any atom is 0.309 e. The van der Waals surface area contributed by atoms with E-state index < -0.39 is 0 Å². The van der Waals surface area contributed by atoms with E-state index in [2.05, 4.69) is 21.7 Å². The van der Waals surface area contributed by atoms with Crippen LogP contribution in [0.3, 0.4) is 0 Å². The Labute approximate surface area is 129 Å². The molecular formula is C16H21N3O3. The Balaban J connectivity index is 1.55. The first-order chi connectivity index (χ1) is 10.8. The van der Waals surface area contributed by atoms with Gasteiger partial charge >= 0.3 is 5.97 Å². The molecule has 6 heteroatoms. The Hall–Kier alpha value is -2.08. The zero-order valence-electron chi connectivity index (χ0n) is 12.7. The molecule has 0 saturated carbocycles. The fourth-order valence-corrected chi connectivity index (χ4v) is 2.94. The lowest BCUT2D eigenvalue weighted by atomic mass is 9.83. The van der Waals surface area contributed by atoms with E-state index in [1.54, 1.807) is 19.4 Å². The van der Waals surface area contributed by atoms with Gasteiger partial charge in [-0.25, -0.2) is 4.98 Å². The van der Waals surface area contributed by atoms with Crippen LogP contribution in [0.2, 0.25) is 0 Å². The highest BCUT2D eigenvalue weighted by Gasteiger charge is 2.30. The topological polar surface area (TPSA) is 72.5 Å². The second kappa shape index (κ2) is 6.79. The van der Waals surface area contributed by atoms with Crippen LogP contribution in [0.15, 0.2) is 30.1 Å². The third-order valence-electron chi connectivity index (χ3n) is 4.16. The molecule has 0 radical (unpaired) electrons.